The van der Waals surface area contributed by atoms with Gasteiger partial charge >= 0.3 is 5.97 Å². The molecule has 0 radical (unpaired) electrons. The fraction of sp³-hybridized carbons (Fsp3) is 0.364. The van der Waals surface area contributed by atoms with Gasteiger partial charge in [0.25, 0.3) is 0 Å². The van der Waals surface area contributed by atoms with Gasteiger partial charge in [-0.2, -0.15) is 0 Å². The third-order valence-electron chi connectivity index (χ3n) is 4.06. The first-order valence-corrected chi connectivity index (χ1v) is 8.80. The number of carboxylic acid groups (broad SMARTS) is 1. The Hall–Kier alpha value is -2.42. The van der Waals surface area contributed by atoms with Crippen LogP contribution in [0.15, 0.2) is 48.5 Å². The third kappa shape index (κ3) is 8.30. The summed E-state index contributed by atoms with van der Waals surface area (Å²) in [6, 6.07) is 16.1. The zero-order valence-corrected chi connectivity index (χ0v) is 15.4. The van der Waals surface area contributed by atoms with Gasteiger partial charge in [-0.3, -0.25) is 9.59 Å². The molecule has 3 nitrogen and oxygen atoms in total. The zero-order valence-electron chi connectivity index (χ0n) is 15.4. The Morgan fingerprint density at radius 1 is 0.920 bits per heavy atom. The molecule has 0 saturated heterocycles. The van der Waals surface area contributed by atoms with E-state index in [1.54, 1.807) is 12.1 Å². The summed E-state index contributed by atoms with van der Waals surface area (Å²) in [5.41, 5.74) is 4.24. The molecule has 0 bridgehead atoms. The standard InChI is InChI=1S/C12H14O3.C10H14/c1-8-3-4-10(7-9(8)2)11(13)5-6-12(14)15;1-2-3-7-10-8-5-4-6-9-10/h3-4,7H,5-6H2,1-2H3,(H,14,15);4-6,8-9H,2-3,7H2,1H3. The lowest BCUT2D eigenvalue weighted by atomic mass is 10.0. The summed E-state index contributed by atoms with van der Waals surface area (Å²) >= 11 is 0. The highest BCUT2D eigenvalue weighted by Crippen LogP contribution is 2.12. The molecule has 0 atom stereocenters. The predicted octanol–water partition coefficient (Wildman–Crippen LogP) is 5.38. The van der Waals surface area contributed by atoms with Crippen LogP contribution in [-0.4, -0.2) is 16.9 Å². The molecule has 0 unspecified atom stereocenters. The molecule has 134 valence electrons. The molecule has 2 aromatic carbocycles. The number of hydrogen-bond donors (Lipinski definition) is 1. The van der Waals surface area contributed by atoms with Gasteiger partial charge in [0.1, 0.15) is 0 Å². The van der Waals surface area contributed by atoms with Crippen molar-refractivity contribution < 1.29 is 14.7 Å². The van der Waals surface area contributed by atoms with Crippen molar-refractivity contribution in [2.24, 2.45) is 0 Å². The van der Waals surface area contributed by atoms with E-state index in [9.17, 15) is 9.59 Å². The van der Waals surface area contributed by atoms with Gasteiger partial charge in [-0.1, -0.05) is 55.8 Å². The summed E-state index contributed by atoms with van der Waals surface area (Å²) in [5.74, 6) is -1.05. The number of carbonyl (C=O) groups excluding carboxylic acids is 1. The smallest absolute Gasteiger partial charge is 0.303 e. The van der Waals surface area contributed by atoms with Gasteiger partial charge < -0.3 is 5.11 Å². The second-order valence-corrected chi connectivity index (χ2v) is 6.21. The monoisotopic (exact) mass is 340 g/mol. The molecule has 0 saturated carbocycles. The van der Waals surface area contributed by atoms with Crippen molar-refractivity contribution >= 4 is 11.8 Å². The number of aryl methyl sites for hydroxylation is 3. The molecule has 0 heterocycles. The maximum absolute atomic E-state index is 11.5. The van der Waals surface area contributed by atoms with Crippen molar-refractivity contribution in [3.8, 4) is 0 Å². The third-order valence-corrected chi connectivity index (χ3v) is 4.06. The Morgan fingerprint density at radius 2 is 1.60 bits per heavy atom. The summed E-state index contributed by atoms with van der Waals surface area (Å²) in [5, 5.41) is 8.46. The highest BCUT2D eigenvalue weighted by molar-refractivity contribution is 5.97. The first kappa shape index (κ1) is 20.6. The highest BCUT2D eigenvalue weighted by Gasteiger charge is 2.08. The molecular weight excluding hydrogens is 312 g/mol. The van der Waals surface area contributed by atoms with Crippen LogP contribution in [0.2, 0.25) is 0 Å². The normalized spacial score (nSPS) is 9.88. The van der Waals surface area contributed by atoms with Gasteiger partial charge in [0.05, 0.1) is 6.42 Å². The minimum Gasteiger partial charge on any atom is -0.481 e. The summed E-state index contributed by atoms with van der Waals surface area (Å²) < 4.78 is 0. The van der Waals surface area contributed by atoms with Crippen molar-refractivity contribution in [1.29, 1.82) is 0 Å². The average Bonchev–Trinajstić information content (AvgIpc) is 2.61. The van der Waals surface area contributed by atoms with E-state index >= 15 is 0 Å². The van der Waals surface area contributed by atoms with Crippen molar-refractivity contribution in [3.63, 3.8) is 0 Å². The highest BCUT2D eigenvalue weighted by atomic mass is 16.4. The summed E-state index contributed by atoms with van der Waals surface area (Å²) in [6.07, 6.45) is 3.79. The van der Waals surface area contributed by atoms with Crippen LogP contribution in [0.3, 0.4) is 0 Å². The maximum atomic E-state index is 11.5. The number of carboxylic acids is 1. The van der Waals surface area contributed by atoms with Crippen LogP contribution in [0.1, 0.15) is 59.7 Å². The minimum atomic E-state index is -0.938. The number of benzene rings is 2. The first-order valence-electron chi connectivity index (χ1n) is 8.80. The van der Waals surface area contributed by atoms with E-state index in [1.165, 1.54) is 24.8 Å². The van der Waals surface area contributed by atoms with Crippen molar-refractivity contribution in [2.45, 2.75) is 52.9 Å². The average molecular weight is 340 g/mol. The van der Waals surface area contributed by atoms with Crippen LogP contribution in [0.5, 0.6) is 0 Å². The quantitative estimate of drug-likeness (QED) is 0.688. The predicted molar refractivity (Wildman–Crippen MR) is 102 cm³/mol. The van der Waals surface area contributed by atoms with E-state index in [0.717, 1.165) is 11.1 Å². The topological polar surface area (TPSA) is 54.4 Å². The molecule has 0 aliphatic rings. The number of hydrogen-bond acceptors (Lipinski definition) is 2. The summed E-state index contributed by atoms with van der Waals surface area (Å²) in [6.45, 7) is 6.13. The lowest BCUT2D eigenvalue weighted by Crippen LogP contribution is -2.04. The SMILES string of the molecule is CCCCc1ccccc1.Cc1ccc(C(=O)CCC(=O)O)cc1C. The summed E-state index contributed by atoms with van der Waals surface area (Å²) in [7, 11) is 0. The van der Waals surface area contributed by atoms with Crippen LogP contribution in [-0.2, 0) is 11.2 Å². The van der Waals surface area contributed by atoms with Gasteiger partial charge in [0.15, 0.2) is 5.78 Å². The molecule has 0 amide bonds. The molecule has 25 heavy (non-hydrogen) atoms. The zero-order chi connectivity index (χ0) is 18.7. The number of carbonyl (C=O) groups is 2. The summed E-state index contributed by atoms with van der Waals surface area (Å²) in [4.78, 5) is 21.9. The van der Waals surface area contributed by atoms with Crippen molar-refractivity contribution in [1.82, 2.24) is 0 Å². The molecule has 2 rings (SSSR count). The van der Waals surface area contributed by atoms with Crippen molar-refractivity contribution in [2.75, 3.05) is 0 Å². The maximum Gasteiger partial charge on any atom is 0.303 e. The van der Waals surface area contributed by atoms with Crippen LogP contribution in [0, 0.1) is 13.8 Å². The van der Waals surface area contributed by atoms with E-state index in [1.807, 2.05) is 19.9 Å². The molecule has 1 N–H and O–H groups in total. The van der Waals surface area contributed by atoms with Gasteiger partial charge in [-0.15, -0.1) is 0 Å². The fourth-order valence-corrected chi connectivity index (χ4v) is 2.31. The number of aliphatic carboxylic acids is 1. The van der Waals surface area contributed by atoms with E-state index in [-0.39, 0.29) is 18.6 Å². The lowest BCUT2D eigenvalue weighted by Gasteiger charge is -2.03. The second kappa shape index (κ2) is 11.2. The van der Waals surface area contributed by atoms with Crippen LogP contribution in [0.4, 0.5) is 0 Å². The van der Waals surface area contributed by atoms with E-state index in [0.29, 0.717) is 5.56 Å². The van der Waals surface area contributed by atoms with E-state index < -0.39 is 5.97 Å². The molecule has 0 aliphatic carbocycles. The minimum absolute atomic E-state index is 0.0673. The van der Waals surface area contributed by atoms with E-state index in [4.69, 9.17) is 5.11 Å². The van der Waals surface area contributed by atoms with Gasteiger partial charge in [0.2, 0.25) is 0 Å². The molecule has 0 fully saturated rings. The lowest BCUT2D eigenvalue weighted by molar-refractivity contribution is -0.136. The Morgan fingerprint density at radius 3 is 2.16 bits per heavy atom. The van der Waals surface area contributed by atoms with Crippen LogP contribution >= 0.6 is 0 Å². The first-order chi connectivity index (χ1) is 11.9. The van der Waals surface area contributed by atoms with Gasteiger partial charge in [-0.25, -0.2) is 0 Å². The number of unbranched alkanes of at least 4 members (excludes halogenated alkanes) is 1. The van der Waals surface area contributed by atoms with Crippen LogP contribution < -0.4 is 0 Å². The number of Topliss-reactive ketones (excluding diaryl/α,β-unsaturated/α-hetero) is 1. The second-order valence-electron chi connectivity index (χ2n) is 6.21. The fourth-order valence-electron chi connectivity index (χ4n) is 2.31. The molecule has 0 spiro atoms. The Bertz CT molecular complexity index is 675. The number of ketones is 1. The Labute approximate surface area is 150 Å². The largest absolute Gasteiger partial charge is 0.481 e. The number of rotatable bonds is 7. The van der Waals surface area contributed by atoms with E-state index in [2.05, 4.69) is 37.3 Å². The van der Waals surface area contributed by atoms with Gasteiger partial charge in [-0.05, 0) is 49.4 Å². The molecular formula is C22H28O3. The Kier molecular flexibility index (Phi) is 9.23. The molecule has 0 aliphatic heterocycles. The molecule has 0 aromatic heterocycles. The van der Waals surface area contributed by atoms with Gasteiger partial charge in [0, 0.05) is 12.0 Å². The molecule has 2 aromatic rings. The van der Waals surface area contributed by atoms with Crippen LogP contribution in [0.25, 0.3) is 0 Å². The van der Waals surface area contributed by atoms with Crippen molar-refractivity contribution in [3.05, 3.63) is 70.8 Å². The Balaban J connectivity index is 0.000000271. The molecule has 3 heteroatoms.